The van der Waals surface area contributed by atoms with E-state index in [9.17, 15) is 14.4 Å². The van der Waals surface area contributed by atoms with Crippen molar-refractivity contribution < 1.29 is 33.0 Å². The molecule has 0 spiro atoms. The lowest BCUT2D eigenvalue weighted by Crippen LogP contribution is -2.45. The fourth-order valence-corrected chi connectivity index (χ4v) is 3.54. The standard InChI is InChI=1S/C24H23F2N3O5/c1-4-34-22-16-7-5-6-15(14(16)8-9-27-22)21(31)20-17(25)10-13(11-18(20)26)24(2,3)29-19(30)12-28-23(32)33/h5-11,28H,4,12H2,1-3H3,(H,29,30)(H,32,33). The summed E-state index contributed by atoms with van der Waals surface area (Å²) >= 11 is 0. The maximum Gasteiger partial charge on any atom is 0.405 e. The van der Waals surface area contributed by atoms with Crippen LogP contribution in [0.1, 0.15) is 42.3 Å². The van der Waals surface area contributed by atoms with Crippen LogP contribution >= 0.6 is 0 Å². The Bertz CT molecular complexity index is 1250. The number of ether oxygens (including phenoxy) is 1. The van der Waals surface area contributed by atoms with Crippen molar-refractivity contribution >= 4 is 28.6 Å². The molecule has 1 aromatic heterocycles. The van der Waals surface area contributed by atoms with E-state index in [0.29, 0.717) is 23.3 Å². The van der Waals surface area contributed by atoms with Gasteiger partial charge in [-0.05, 0) is 56.0 Å². The molecule has 0 aliphatic carbocycles. The summed E-state index contributed by atoms with van der Waals surface area (Å²) < 4.78 is 35.6. The Kier molecular flexibility index (Phi) is 7.09. The molecule has 0 unspecified atom stereocenters. The number of carbonyl (C=O) groups is 3. The maximum absolute atomic E-state index is 15.1. The van der Waals surface area contributed by atoms with Crippen molar-refractivity contribution in [1.82, 2.24) is 15.6 Å². The molecule has 0 bridgehead atoms. The molecular formula is C24H23F2N3O5. The summed E-state index contributed by atoms with van der Waals surface area (Å²) in [7, 11) is 0. The summed E-state index contributed by atoms with van der Waals surface area (Å²) in [6.07, 6.45) is 0.0650. The van der Waals surface area contributed by atoms with E-state index in [4.69, 9.17) is 9.84 Å². The van der Waals surface area contributed by atoms with Crippen LogP contribution < -0.4 is 15.4 Å². The van der Waals surface area contributed by atoms with Crippen molar-refractivity contribution in [3.63, 3.8) is 0 Å². The van der Waals surface area contributed by atoms with Gasteiger partial charge < -0.3 is 20.5 Å². The normalized spacial score (nSPS) is 11.2. The van der Waals surface area contributed by atoms with Crippen molar-refractivity contribution in [1.29, 1.82) is 0 Å². The van der Waals surface area contributed by atoms with Gasteiger partial charge in [0.1, 0.15) is 18.2 Å². The highest BCUT2D eigenvalue weighted by Gasteiger charge is 2.28. The van der Waals surface area contributed by atoms with Crippen molar-refractivity contribution in [3.8, 4) is 5.88 Å². The lowest BCUT2D eigenvalue weighted by molar-refractivity contribution is -0.121. The summed E-state index contributed by atoms with van der Waals surface area (Å²) in [5.41, 5.74) is -1.85. The van der Waals surface area contributed by atoms with Crippen molar-refractivity contribution in [2.75, 3.05) is 13.2 Å². The molecule has 178 valence electrons. The molecule has 8 nitrogen and oxygen atoms in total. The van der Waals surface area contributed by atoms with Crippen LogP contribution in [0.25, 0.3) is 10.8 Å². The molecule has 3 N–H and O–H groups in total. The number of halogens is 2. The van der Waals surface area contributed by atoms with E-state index in [-0.39, 0.29) is 11.1 Å². The Morgan fingerprint density at radius 3 is 2.38 bits per heavy atom. The van der Waals surface area contributed by atoms with Gasteiger partial charge in [0.2, 0.25) is 11.8 Å². The Balaban J connectivity index is 1.97. The topological polar surface area (TPSA) is 118 Å². The first-order chi connectivity index (χ1) is 16.0. The molecule has 10 heteroatoms. The van der Waals surface area contributed by atoms with Crippen LogP contribution in [-0.2, 0) is 10.3 Å². The van der Waals surface area contributed by atoms with Gasteiger partial charge >= 0.3 is 6.09 Å². The van der Waals surface area contributed by atoms with E-state index in [0.717, 1.165) is 12.1 Å². The Labute approximate surface area is 193 Å². The Hall–Kier alpha value is -4.08. The average molecular weight is 471 g/mol. The van der Waals surface area contributed by atoms with Gasteiger partial charge in [0, 0.05) is 17.1 Å². The summed E-state index contributed by atoms with van der Waals surface area (Å²) in [5, 5.41) is 14.0. The van der Waals surface area contributed by atoms with E-state index in [1.165, 1.54) is 26.1 Å². The fourth-order valence-electron chi connectivity index (χ4n) is 3.54. The number of benzene rings is 2. The van der Waals surface area contributed by atoms with Gasteiger partial charge in [0.15, 0.2) is 5.78 Å². The molecule has 1 heterocycles. The number of hydrogen-bond acceptors (Lipinski definition) is 5. The van der Waals surface area contributed by atoms with E-state index >= 15 is 8.78 Å². The molecule has 0 radical (unpaired) electrons. The predicted octanol–water partition coefficient (Wildman–Crippen LogP) is 3.76. The van der Waals surface area contributed by atoms with Crippen LogP contribution in [0.5, 0.6) is 5.88 Å². The largest absolute Gasteiger partial charge is 0.478 e. The number of rotatable bonds is 8. The molecule has 0 saturated carbocycles. The highest BCUT2D eigenvalue weighted by molar-refractivity contribution is 6.17. The lowest BCUT2D eigenvalue weighted by atomic mass is 9.90. The van der Waals surface area contributed by atoms with Gasteiger partial charge in [-0.15, -0.1) is 0 Å². The van der Waals surface area contributed by atoms with Crippen molar-refractivity contribution in [2.24, 2.45) is 0 Å². The Morgan fingerprint density at radius 1 is 1.09 bits per heavy atom. The van der Waals surface area contributed by atoms with Crippen LogP contribution in [0.15, 0.2) is 42.6 Å². The number of nitrogens with one attached hydrogen (secondary N) is 2. The van der Waals surface area contributed by atoms with Crippen molar-refractivity contribution in [2.45, 2.75) is 26.3 Å². The van der Waals surface area contributed by atoms with E-state index in [1.54, 1.807) is 25.1 Å². The summed E-state index contributed by atoms with van der Waals surface area (Å²) in [4.78, 5) is 39.8. The minimum absolute atomic E-state index is 0.0588. The summed E-state index contributed by atoms with van der Waals surface area (Å²) in [6, 6.07) is 8.25. The second kappa shape index (κ2) is 9.82. The summed E-state index contributed by atoms with van der Waals surface area (Å²) in [6.45, 7) is 4.60. The van der Waals surface area contributed by atoms with Gasteiger partial charge in [-0.25, -0.2) is 18.6 Å². The average Bonchev–Trinajstić information content (AvgIpc) is 2.77. The van der Waals surface area contributed by atoms with Crippen LogP contribution in [0.2, 0.25) is 0 Å². The monoisotopic (exact) mass is 471 g/mol. The second-order valence-electron chi connectivity index (χ2n) is 7.93. The molecule has 0 atom stereocenters. The number of nitrogens with zero attached hydrogens (tertiary/aromatic N) is 1. The maximum atomic E-state index is 15.1. The third kappa shape index (κ3) is 5.11. The molecule has 3 rings (SSSR count). The number of aromatic nitrogens is 1. The van der Waals surface area contributed by atoms with Gasteiger partial charge in [-0.3, -0.25) is 9.59 Å². The molecule has 2 aromatic carbocycles. The predicted molar refractivity (Wildman–Crippen MR) is 120 cm³/mol. The number of amides is 2. The molecule has 0 fully saturated rings. The first-order valence-electron chi connectivity index (χ1n) is 10.4. The zero-order valence-electron chi connectivity index (χ0n) is 18.7. The van der Waals surface area contributed by atoms with Crippen LogP contribution in [-0.4, -0.2) is 41.0 Å². The minimum atomic E-state index is -1.38. The van der Waals surface area contributed by atoms with Crippen molar-refractivity contribution in [3.05, 3.63) is 70.9 Å². The van der Waals surface area contributed by atoms with Gasteiger partial charge in [0.25, 0.3) is 0 Å². The molecular weight excluding hydrogens is 448 g/mol. The van der Waals surface area contributed by atoms with E-state index in [1.807, 2.05) is 5.32 Å². The zero-order chi connectivity index (χ0) is 25.0. The fraction of sp³-hybridized carbons (Fsp3) is 0.250. The first kappa shape index (κ1) is 24.6. The van der Waals surface area contributed by atoms with E-state index < -0.39 is 47.1 Å². The third-order valence-corrected chi connectivity index (χ3v) is 5.14. The number of fused-ring (bicyclic) bond motifs is 1. The molecule has 2 amide bonds. The molecule has 3 aromatic rings. The highest BCUT2D eigenvalue weighted by atomic mass is 19.1. The number of carboxylic acid groups (broad SMARTS) is 1. The summed E-state index contributed by atoms with van der Waals surface area (Å²) in [5.74, 6) is -3.43. The minimum Gasteiger partial charge on any atom is -0.478 e. The lowest BCUT2D eigenvalue weighted by Gasteiger charge is -2.27. The third-order valence-electron chi connectivity index (χ3n) is 5.14. The zero-order valence-corrected chi connectivity index (χ0v) is 18.7. The second-order valence-corrected chi connectivity index (χ2v) is 7.93. The van der Waals surface area contributed by atoms with Gasteiger partial charge in [-0.2, -0.15) is 0 Å². The van der Waals surface area contributed by atoms with E-state index in [2.05, 4.69) is 10.3 Å². The number of ketones is 1. The number of carbonyl (C=O) groups excluding carboxylic acids is 2. The molecule has 34 heavy (non-hydrogen) atoms. The molecule has 0 aliphatic rings. The van der Waals surface area contributed by atoms with Crippen LogP contribution in [0, 0.1) is 11.6 Å². The van der Waals surface area contributed by atoms with Gasteiger partial charge in [-0.1, -0.05) is 12.1 Å². The smallest absolute Gasteiger partial charge is 0.405 e. The van der Waals surface area contributed by atoms with Crippen LogP contribution in [0.4, 0.5) is 13.6 Å². The quantitative estimate of drug-likeness (QED) is 0.431. The Morgan fingerprint density at radius 2 is 1.76 bits per heavy atom. The first-order valence-corrected chi connectivity index (χ1v) is 10.4. The molecule has 0 aliphatic heterocycles. The number of hydrogen-bond donors (Lipinski definition) is 3. The highest BCUT2D eigenvalue weighted by Crippen LogP contribution is 2.30. The number of pyridine rings is 1. The van der Waals surface area contributed by atoms with Crippen LogP contribution in [0.3, 0.4) is 0 Å². The van der Waals surface area contributed by atoms with Gasteiger partial charge in [0.05, 0.1) is 17.7 Å². The molecule has 0 saturated heterocycles. The SMILES string of the molecule is CCOc1nccc2c(C(=O)c3c(F)cc(C(C)(C)NC(=O)CNC(=O)O)cc3F)cccc12.